The Morgan fingerprint density at radius 3 is 2.33 bits per heavy atom. The van der Waals surface area contributed by atoms with Crippen LogP contribution in [0.25, 0.3) is 0 Å². The van der Waals surface area contributed by atoms with E-state index in [2.05, 4.69) is 28.1 Å². The summed E-state index contributed by atoms with van der Waals surface area (Å²) in [5.41, 5.74) is 8.01. The standard InChI is InChI=1S/C17H20BrNO2/c1-20-11-9-13-2-5-15(6-3-13)21-16-7-4-14(8-10-19)17(18)12-16/h2-7,12H,8-11,19H2,1H3. The molecule has 21 heavy (non-hydrogen) atoms. The van der Waals surface area contributed by atoms with Crippen molar-refractivity contribution >= 4 is 15.9 Å². The average Bonchev–Trinajstić information content (AvgIpc) is 2.49. The minimum absolute atomic E-state index is 0.641. The fourth-order valence-electron chi connectivity index (χ4n) is 2.03. The highest BCUT2D eigenvalue weighted by Crippen LogP contribution is 2.27. The molecule has 0 aromatic heterocycles. The maximum absolute atomic E-state index is 5.86. The Kier molecular flexibility index (Phi) is 6.23. The SMILES string of the molecule is COCCc1ccc(Oc2ccc(CCN)c(Br)c2)cc1. The van der Waals surface area contributed by atoms with Gasteiger partial charge in [-0.05, 0) is 54.8 Å². The Morgan fingerprint density at radius 1 is 1.00 bits per heavy atom. The highest BCUT2D eigenvalue weighted by Gasteiger charge is 2.03. The largest absolute Gasteiger partial charge is 0.457 e. The third-order valence-corrected chi connectivity index (χ3v) is 3.93. The van der Waals surface area contributed by atoms with E-state index in [-0.39, 0.29) is 0 Å². The molecule has 0 saturated carbocycles. The Morgan fingerprint density at radius 2 is 1.71 bits per heavy atom. The Bertz CT molecular complexity index is 570. The van der Waals surface area contributed by atoms with E-state index >= 15 is 0 Å². The van der Waals surface area contributed by atoms with E-state index in [4.69, 9.17) is 15.2 Å². The summed E-state index contributed by atoms with van der Waals surface area (Å²) in [5, 5.41) is 0. The van der Waals surface area contributed by atoms with Crippen LogP contribution in [0.2, 0.25) is 0 Å². The molecule has 0 aliphatic carbocycles. The fraction of sp³-hybridized carbons (Fsp3) is 0.294. The Labute approximate surface area is 134 Å². The summed E-state index contributed by atoms with van der Waals surface area (Å²) < 4.78 is 12.0. The lowest BCUT2D eigenvalue weighted by atomic mass is 10.1. The van der Waals surface area contributed by atoms with Crippen LogP contribution < -0.4 is 10.5 Å². The fourth-order valence-corrected chi connectivity index (χ4v) is 2.59. The highest BCUT2D eigenvalue weighted by atomic mass is 79.9. The zero-order valence-electron chi connectivity index (χ0n) is 12.1. The van der Waals surface area contributed by atoms with Gasteiger partial charge in [0.25, 0.3) is 0 Å². The van der Waals surface area contributed by atoms with Gasteiger partial charge < -0.3 is 15.2 Å². The quantitative estimate of drug-likeness (QED) is 0.823. The van der Waals surface area contributed by atoms with Crippen LogP contribution in [0.15, 0.2) is 46.9 Å². The maximum Gasteiger partial charge on any atom is 0.128 e. The van der Waals surface area contributed by atoms with E-state index in [9.17, 15) is 0 Å². The number of halogens is 1. The minimum Gasteiger partial charge on any atom is -0.457 e. The van der Waals surface area contributed by atoms with Crippen LogP contribution >= 0.6 is 15.9 Å². The lowest BCUT2D eigenvalue weighted by molar-refractivity contribution is 0.202. The number of benzene rings is 2. The van der Waals surface area contributed by atoms with E-state index in [0.29, 0.717) is 6.54 Å². The Hall–Kier alpha value is -1.36. The van der Waals surface area contributed by atoms with E-state index < -0.39 is 0 Å². The summed E-state index contributed by atoms with van der Waals surface area (Å²) in [6.07, 6.45) is 1.77. The van der Waals surface area contributed by atoms with Crippen molar-refractivity contribution in [1.82, 2.24) is 0 Å². The molecule has 0 saturated heterocycles. The van der Waals surface area contributed by atoms with Crippen LogP contribution in [-0.4, -0.2) is 20.3 Å². The topological polar surface area (TPSA) is 44.5 Å². The molecule has 4 heteroatoms. The lowest BCUT2D eigenvalue weighted by Crippen LogP contribution is -2.03. The summed E-state index contributed by atoms with van der Waals surface area (Å²) in [4.78, 5) is 0. The molecule has 2 aromatic carbocycles. The first kappa shape index (κ1) is 16.0. The van der Waals surface area contributed by atoms with Crippen LogP contribution in [0.3, 0.4) is 0 Å². The van der Waals surface area contributed by atoms with Gasteiger partial charge in [0, 0.05) is 11.6 Å². The van der Waals surface area contributed by atoms with Gasteiger partial charge in [-0.2, -0.15) is 0 Å². The molecule has 0 atom stereocenters. The third-order valence-electron chi connectivity index (χ3n) is 3.19. The maximum atomic E-state index is 5.86. The second kappa shape index (κ2) is 8.17. The van der Waals surface area contributed by atoms with Crippen LogP contribution in [0.4, 0.5) is 0 Å². The summed E-state index contributed by atoms with van der Waals surface area (Å²) in [6.45, 7) is 1.37. The van der Waals surface area contributed by atoms with Gasteiger partial charge in [-0.1, -0.05) is 34.1 Å². The molecule has 2 rings (SSSR count). The van der Waals surface area contributed by atoms with Gasteiger partial charge in [-0.25, -0.2) is 0 Å². The van der Waals surface area contributed by atoms with E-state index in [1.165, 1.54) is 11.1 Å². The van der Waals surface area contributed by atoms with Gasteiger partial charge in [0.05, 0.1) is 6.61 Å². The number of rotatable bonds is 7. The van der Waals surface area contributed by atoms with Gasteiger partial charge >= 0.3 is 0 Å². The van der Waals surface area contributed by atoms with E-state index in [1.807, 2.05) is 30.3 Å². The first-order valence-electron chi connectivity index (χ1n) is 6.97. The molecule has 0 amide bonds. The first-order chi connectivity index (χ1) is 10.2. The molecule has 0 bridgehead atoms. The van der Waals surface area contributed by atoms with E-state index in [1.54, 1.807) is 7.11 Å². The van der Waals surface area contributed by atoms with Gasteiger partial charge in [-0.15, -0.1) is 0 Å². The van der Waals surface area contributed by atoms with Crippen LogP contribution in [0, 0.1) is 0 Å². The number of hydrogen-bond acceptors (Lipinski definition) is 3. The smallest absolute Gasteiger partial charge is 0.128 e. The highest BCUT2D eigenvalue weighted by molar-refractivity contribution is 9.10. The van der Waals surface area contributed by atoms with Gasteiger partial charge in [0.1, 0.15) is 11.5 Å². The van der Waals surface area contributed by atoms with Crippen molar-refractivity contribution in [2.24, 2.45) is 5.73 Å². The zero-order valence-corrected chi connectivity index (χ0v) is 13.7. The number of ether oxygens (including phenoxy) is 2. The average molecular weight is 350 g/mol. The van der Waals surface area contributed by atoms with Crippen molar-refractivity contribution < 1.29 is 9.47 Å². The molecule has 0 aliphatic heterocycles. The second-order valence-electron chi connectivity index (χ2n) is 4.78. The second-order valence-corrected chi connectivity index (χ2v) is 5.64. The molecule has 2 N–H and O–H groups in total. The molecule has 3 nitrogen and oxygen atoms in total. The van der Waals surface area contributed by atoms with E-state index in [0.717, 1.165) is 35.4 Å². The molecule has 0 unspecified atom stereocenters. The predicted octanol–water partition coefficient (Wildman–Crippen LogP) is 3.93. The van der Waals surface area contributed by atoms with Crippen molar-refractivity contribution in [3.8, 4) is 11.5 Å². The summed E-state index contributed by atoms with van der Waals surface area (Å²) in [6, 6.07) is 14.1. The summed E-state index contributed by atoms with van der Waals surface area (Å²) in [5.74, 6) is 1.64. The molecule has 0 aliphatic rings. The molecule has 0 radical (unpaired) electrons. The van der Waals surface area contributed by atoms with Crippen molar-refractivity contribution in [3.63, 3.8) is 0 Å². The summed E-state index contributed by atoms with van der Waals surface area (Å²) in [7, 11) is 1.71. The minimum atomic E-state index is 0.641. The van der Waals surface area contributed by atoms with Gasteiger partial charge in [-0.3, -0.25) is 0 Å². The number of methoxy groups -OCH3 is 1. The molecular formula is C17H20BrNO2. The zero-order chi connectivity index (χ0) is 15.1. The van der Waals surface area contributed by atoms with Crippen molar-refractivity contribution in [3.05, 3.63) is 58.1 Å². The summed E-state index contributed by atoms with van der Waals surface area (Å²) >= 11 is 3.55. The molecular weight excluding hydrogens is 330 g/mol. The van der Waals surface area contributed by atoms with Gasteiger partial charge in [0.15, 0.2) is 0 Å². The van der Waals surface area contributed by atoms with Crippen molar-refractivity contribution in [1.29, 1.82) is 0 Å². The normalized spacial score (nSPS) is 10.6. The first-order valence-corrected chi connectivity index (χ1v) is 7.76. The molecule has 0 fully saturated rings. The van der Waals surface area contributed by atoms with Gasteiger partial charge in [0.2, 0.25) is 0 Å². The predicted molar refractivity (Wildman–Crippen MR) is 89.0 cm³/mol. The molecule has 112 valence electrons. The van der Waals surface area contributed by atoms with Crippen molar-refractivity contribution in [2.45, 2.75) is 12.8 Å². The van der Waals surface area contributed by atoms with Crippen LogP contribution in [-0.2, 0) is 17.6 Å². The Balaban J connectivity index is 2.02. The molecule has 2 aromatic rings. The number of nitrogens with two attached hydrogens (primary N) is 1. The van der Waals surface area contributed by atoms with Crippen LogP contribution in [0.1, 0.15) is 11.1 Å². The molecule has 0 spiro atoms. The molecule has 0 heterocycles. The lowest BCUT2D eigenvalue weighted by Gasteiger charge is -2.09. The monoisotopic (exact) mass is 349 g/mol. The third kappa shape index (κ3) is 4.84. The van der Waals surface area contributed by atoms with Crippen molar-refractivity contribution in [2.75, 3.05) is 20.3 Å². The number of hydrogen-bond donors (Lipinski definition) is 1. The van der Waals surface area contributed by atoms with Crippen LogP contribution in [0.5, 0.6) is 11.5 Å².